The summed E-state index contributed by atoms with van der Waals surface area (Å²) in [4.78, 5) is 20.1. The van der Waals surface area contributed by atoms with E-state index >= 15 is 0 Å². The third kappa shape index (κ3) is 6.68. The zero-order chi connectivity index (χ0) is 11.4. The number of ether oxygens (including phenoxy) is 1. The van der Waals surface area contributed by atoms with Gasteiger partial charge < -0.3 is 9.84 Å². The summed E-state index contributed by atoms with van der Waals surface area (Å²) in [6.45, 7) is 8.95. The zero-order valence-corrected chi connectivity index (χ0v) is 9.23. The molecular weight excluding hydrogens is 188 g/mol. The fourth-order valence-corrected chi connectivity index (χ4v) is 0.558. The average Bonchev–Trinajstić information content (AvgIpc) is 1.94. The Hall–Kier alpha value is -0.810. The van der Waals surface area contributed by atoms with Gasteiger partial charge in [-0.3, -0.25) is 0 Å². The van der Waals surface area contributed by atoms with Crippen LogP contribution in [0.5, 0.6) is 0 Å². The van der Waals surface area contributed by atoms with Crippen LogP contribution in [0.4, 0.5) is 4.79 Å². The molecule has 0 aliphatic rings. The maximum atomic E-state index is 10.3. The highest BCUT2D eigenvalue weighted by Gasteiger charge is 2.23. The van der Waals surface area contributed by atoms with E-state index in [2.05, 4.69) is 4.74 Å². The molecule has 0 aromatic carbocycles. The molecule has 0 heterocycles. The molecule has 0 aliphatic carbocycles. The highest BCUT2D eigenvalue weighted by molar-refractivity contribution is 5.56. The Kier molecular flexibility index (Phi) is 4.87. The number of rotatable bonds is 4. The summed E-state index contributed by atoms with van der Waals surface area (Å²) in [5.74, 6) is -0.103. The quantitative estimate of drug-likeness (QED) is 0.331. The average molecular weight is 206 g/mol. The van der Waals surface area contributed by atoms with Crippen molar-refractivity contribution in [2.75, 3.05) is 0 Å². The maximum absolute atomic E-state index is 10.3. The normalized spacial score (nSPS) is 14.1. The van der Waals surface area contributed by atoms with Crippen molar-refractivity contribution in [2.24, 2.45) is 5.92 Å². The van der Waals surface area contributed by atoms with E-state index in [1.54, 1.807) is 34.6 Å². The second-order valence-electron chi connectivity index (χ2n) is 4.29. The molecule has 1 atom stereocenters. The molecule has 0 amide bonds. The molecule has 0 saturated carbocycles. The molecule has 0 aliphatic heterocycles. The molecule has 0 saturated heterocycles. The highest BCUT2D eigenvalue weighted by atomic mass is 17.2. The van der Waals surface area contributed by atoms with Crippen LogP contribution in [0.2, 0.25) is 0 Å². The number of hydrogen-bond donors (Lipinski definition) is 1. The van der Waals surface area contributed by atoms with Gasteiger partial charge in [0.1, 0.15) is 0 Å². The van der Waals surface area contributed by atoms with Gasteiger partial charge in [0.15, 0.2) is 0 Å². The van der Waals surface area contributed by atoms with E-state index in [9.17, 15) is 4.79 Å². The van der Waals surface area contributed by atoms with Crippen LogP contribution in [-0.4, -0.2) is 23.2 Å². The van der Waals surface area contributed by atoms with Gasteiger partial charge in [-0.1, -0.05) is 13.8 Å². The Bertz CT molecular complexity index is 182. The summed E-state index contributed by atoms with van der Waals surface area (Å²) in [5, 5.41) is 8.40. The minimum absolute atomic E-state index is 0.103. The smallest absolute Gasteiger partial charge is 0.450 e. The van der Waals surface area contributed by atoms with E-state index in [4.69, 9.17) is 14.9 Å². The SMILES string of the molecule is CC(C)C(OOC(C)(C)C)OC(=O)O. The fourth-order valence-electron chi connectivity index (χ4n) is 0.558. The molecule has 14 heavy (non-hydrogen) atoms. The van der Waals surface area contributed by atoms with Crippen molar-refractivity contribution < 1.29 is 24.4 Å². The molecule has 5 heteroatoms. The van der Waals surface area contributed by atoms with Crippen LogP contribution in [-0.2, 0) is 14.5 Å². The number of hydrogen-bond acceptors (Lipinski definition) is 4. The lowest BCUT2D eigenvalue weighted by atomic mass is 10.2. The molecule has 5 nitrogen and oxygen atoms in total. The van der Waals surface area contributed by atoms with Crippen molar-refractivity contribution in [3.05, 3.63) is 0 Å². The van der Waals surface area contributed by atoms with E-state index in [1.807, 2.05) is 0 Å². The minimum Gasteiger partial charge on any atom is -0.450 e. The first-order chi connectivity index (χ1) is 6.22. The summed E-state index contributed by atoms with van der Waals surface area (Å²) >= 11 is 0. The molecule has 0 bridgehead atoms. The Morgan fingerprint density at radius 2 is 1.79 bits per heavy atom. The van der Waals surface area contributed by atoms with Crippen LogP contribution in [0.15, 0.2) is 0 Å². The predicted molar refractivity (Wildman–Crippen MR) is 49.7 cm³/mol. The van der Waals surface area contributed by atoms with Crippen LogP contribution in [0.25, 0.3) is 0 Å². The Morgan fingerprint density at radius 3 is 2.07 bits per heavy atom. The van der Waals surface area contributed by atoms with E-state index in [0.717, 1.165) is 0 Å². The topological polar surface area (TPSA) is 65.0 Å². The van der Waals surface area contributed by atoms with Crippen molar-refractivity contribution in [3.63, 3.8) is 0 Å². The standard InChI is InChI=1S/C9H18O5/c1-6(2)7(12-8(10)11)13-14-9(3,4)5/h6-7H,1-5H3,(H,10,11). The van der Waals surface area contributed by atoms with E-state index in [-0.39, 0.29) is 5.92 Å². The molecular formula is C9H18O5. The summed E-state index contributed by atoms with van der Waals surface area (Å²) < 4.78 is 4.48. The molecule has 0 rings (SSSR count). The van der Waals surface area contributed by atoms with Crippen LogP contribution in [0.1, 0.15) is 34.6 Å². The highest BCUT2D eigenvalue weighted by Crippen LogP contribution is 2.14. The fraction of sp³-hybridized carbons (Fsp3) is 0.889. The van der Waals surface area contributed by atoms with Gasteiger partial charge in [0.05, 0.1) is 5.60 Å². The lowest BCUT2D eigenvalue weighted by molar-refractivity contribution is -0.416. The van der Waals surface area contributed by atoms with Gasteiger partial charge in [-0.05, 0) is 20.8 Å². The Morgan fingerprint density at radius 1 is 1.29 bits per heavy atom. The van der Waals surface area contributed by atoms with Gasteiger partial charge in [0.25, 0.3) is 0 Å². The third-order valence-corrected chi connectivity index (χ3v) is 1.15. The van der Waals surface area contributed by atoms with Crippen molar-refractivity contribution in [2.45, 2.75) is 46.5 Å². The lowest BCUT2D eigenvalue weighted by Gasteiger charge is -2.24. The van der Waals surface area contributed by atoms with Gasteiger partial charge in [-0.2, -0.15) is 4.89 Å². The van der Waals surface area contributed by atoms with Crippen LogP contribution in [0.3, 0.4) is 0 Å². The largest absolute Gasteiger partial charge is 0.508 e. The van der Waals surface area contributed by atoms with Crippen LogP contribution >= 0.6 is 0 Å². The van der Waals surface area contributed by atoms with Gasteiger partial charge in [-0.15, -0.1) is 0 Å². The Labute approximate surface area is 83.9 Å². The third-order valence-electron chi connectivity index (χ3n) is 1.15. The van der Waals surface area contributed by atoms with Gasteiger partial charge in [-0.25, -0.2) is 9.68 Å². The zero-order valence-electron chi connectivity index (χ0n) is 9.23. The first-order valence-electron chi connectivity index (χ1n) is 4.46. The molecule has 0 radical (unpaired) electrons. The van der Waals surface area contributed by atoms with E-state index < -0.39 is 18.0 Å². The minimum atomic E-state index is -1.37. The molecule has 0 fully saturated rings. The summed E-state index contributed by atoms with van der Waals surface area (Å²) in [6, 6.07) is 0. The first kappa shape index (κ1) is 13.2. The lowest BCUT2D eigenvalue weighted by Crippen LogP contribution is -2.30. The van der Waals surface area contributed by atoms with E-state index in [0.29, 0.717) is 0 Å². The van der Waals surface area contributed by atoms with Crippen LogP contribution in [0, 0.1) is 5.92 Å². The number of carbonyl (C=O) groups is 1. The maximum Gasteiger partial charge on any atom is 0.508 e. The first-order valence-corrected chi connectivity index (χ1v) is 4.46. The van der Waals surface area contributed by atoms with Crippen molar-refractivity contribution in [1.82, 2.24) is 0 Å². The predicted octanol–water partition coefficient (Wildman–Crippen LogP) is 2.41. The molecule has 0 spiro atoms. The monoisotopic (exact) mass is 206 g/mol. The van der Waals surface area contributed by atoms with Crippen molar-refractivity contribution >= 4 is 6.16 Å². The van der Waals surface area contributed by atoms with Gasteiger partial charge in [0.2, 0.25) is 6.29 Å². The van der Waals surface area contributed by atoms with Crippen molar-refractivity contribution in [3.8, 4) is 0 Å². The molecule has 1 N–H and O–H groups in total. The molecule has 84 valence electrons. The molecule has 1 unspecified atom stereocenters. The molecule has 0 aromatic rings. The van der Waals surface area contributed by atoms with Gasteiger partial charge in [0, 0.05) is 5.92 Å². The van der Waals surface area contributed by atoms with Gasteiger partial charge >= 0.3 is 6.16 Å². The van der Waals surface area contributed by atoms with E-state index in [1.165, 1.54) is 0 Å². The summed E-state index contributed by atoms with van der Waals surface area (Å²) in [6.07, 6.45) is -2.27. The summed E-state index contributed by atoms with van der Waals surface area (Å²) in [7, 11) is 0. The van der Waals surface area contributed by atoms with Crippen molar-refractivity contribution in [1.29, 1.82) is 0 Å². The second-order valence-corrected chi connectivity index (χ2v) is 4.29. The number of carboxylic acid groups (broad SMARTS) is 1. The van der Waals surface area contributed by atoms with Crippen LogP contribution < -0.4 is 0 Å². The second kappa shape index (κ2) is 5.17. The molecule has 0 aromatic heterocycles. The Balaban J connectivity index is 4.04. The summed E-state index contributed by atoms with van der Waals surface area (Å²) in [5.41, 5.74) is -0.491.